The van der Waals surface area contributed by atoms with Crippen LogP contribution in [0.2, 0.25) is 0 Å². The predicted octanol–water partition coefficient (Wildman–Crippen LogP) is 3.91. The van der Waals surface area contributed by atoms with E-state index in [0.29, 0.717) is 5.69 Å². The van der Waals surface area contributed by atoms with E-state index in [0.717, 1.165) is 18.9 Å². The molecule has 0 saturated heterocycles. The van der Waals surface area contributed by atoms with E-state index in [1.807, 2.05) is 0 Å². The van der Waals surface area contributed by atoms with Crippen molar-refractivity contribution in [1.82, 2.24) is 0 Å². The number of carboxylic acids is 1. The highest BCUT2D eigenvalue weighted by atomic mass is 19.1. The molecule has 19 heavy (non-hydrogen) atoms. The molecule has 0 radical (unpaired) electrons. The number of halogens is 1. The van der Waals surface area contributed by atoms with Gasteiger partial charge in [-0.15, -0.1) is 0 Å². The van der Waals surface area contributed by atoms with E-state index in [1.54, 1.807) is 6.07 Å². The maximum Gasteiger partial charge on any atom is 0.338 e. The van der Waals surface area contributed by atoms with E-state index in [1.165, 1.54) is 44.2 Å². The van der Waals surface area contributed by atoms with Crippen molar-refractivity contribution < 1.29 is 14.3 Å². The van der Waals surface area contributed by atoms with Crippen LogP contribution < -0.4 is 5.32 Å². The van der Waals surface area contributed by atoms with Gasteiger partial charge in [0.1, 0.15) is 5.82 Å². The van der Waals surface area contributed by atoms with Crippen molar-refractivity contribution in [2.45, 2.75) is 38.5 Å². The number of hydrogen-bond donors (Lipinski definition) is 2. The van der Waals surface area contributed by atoms with Crippen molar-refractivity contribution >= 4 is 11.7 Å². The van der Waals surface area contributed by atoms with Crippen LogP contribution in [-0.4, -0.2) is 17.6 Å². The molecule has 3 nitrogen and oxygen atoms in total. The Labute approximate surface area is 112 Å². The second-order valence-corrected chi connectivity index (χ2v) is 5.22. The SMILES string of the molecule is O=C(O)c1cc(NCCC2CCCCC2)ccc1F. The Bertz CT molecular complexity index is 442. The molecule has 0 heterocycles. The van der Waals surface area contributed by atoms with Crippen LogP contribution in [0.5, 0.6) is 0 Å². The molecule has 1 aromatic rings. The van der Waals surface area contributed by atoms with Crippen molar-refractivity contribution in [3.8, 4) is 0 Å². The Morgan fingerprint density at radius 3 is 2.74 bits per heavy atom. The highest BCUT2D eigenvalue weighted by Crippen LogP contribution is 2.26. The summed E-state index contributed by atoms with van der Waals surface area (Å²) in [6.07, 6.45) is 7.69. The monoisotopic (exact) mass is 265 g/mol. The first kappa shape index (κ1) is 13.8. The van der Waals surface area contributed by atoms with Gasteiger partial charge in [-0.1, -0.05) is 32.1 Å². The van der Waals surface area contributed by atoms with Crippen LogP contribution in [-0.2, 0) is 0 Å². The number of benzene rings is 1. The molecule has 0 aliphatic heterocycles. The van der Waals surface area contributed by atoms with Gasteiger partial charge in [-0.2, -0.15) is 0 Å². The molecule has 0 amide bonds. The minimum Gasteiger partial charge on any atom is -0.478 e. The van der Waals surface area contributed by atoms with Gasteiger partial charge in [0, 0.05) is 12.2 Å². The molecule has 0 bridgehead atoms. The molecule has 2 rings (SSSR count). The van der Waals surface area contributed by atoms with Gasteiger partial charge >= 0.3 is 5.97 Å². The first-order chi connectivity index (χ1) is 9.16. The maximum atomic E-state index is 13.2. The normalized spacial score (nSPS) is 16.3. The Morgan fingerprint density at radius 2 is 2.05 bits per heavy atom. The number of aromatic carboxylic acids is 1. The minimum atomic E-state index is -1.23. The molecule has 0 aromatic heterocycles. The number of nitrogens with one attached hydrogen (secondary N) is 1. The molecule has 0 atom stereocenters. The lowest BCUT2D eigenvalue weighted by Crippen LogP contribution is -2.12. The van der Waals surface area contributed by atoms with Crippen molar-refractivity contribution in [3.63, 3.8) is 0 Å². The third-order valence-corrected chi connectivity index (χ3v) is 3.80. The quantitative estimate of drug-likeness (QED) is 0.848. The zero-order valence-corrected chi connectivity index (χ0v) is 11.0. The summed E-state index contributed by atoms with van der Waals surface area (Å²) in [6.45, 7) is 0.815. The second-order valence-electron chi connectivity index (χ2n) is 5.22. The fraction of sp³-hybridized carbons (Fsp3) is 0.533. The summed E-state index contributed by atoms with van der Waals surface area (Å²) >= 11 is 0. The molecule has 104 valence electrons. The fourth-order valence-electron chi connectivity index (χ4n) is 2.70. The van der Waals surface area contributed by atoms with Gasteiger partial charge in [0.05, 0.1) is 5.56 Å². The number of carbonyl (C=O) groups is 1. The fourth-order valence-corrected chi connectivity index (χ4v) is 2.70. The van der Waals surface area contributed by atoms with E-state index in [4.69, 9.17) is 5.11 Å². The Kier molecular flexibility index (Phi) is 4.77. The first-order valence-corrected chi connectivity index (χ1v) is 6.93. The number of rotatable bonds is 5. The van der Waals surface area contributed by atoms with Crippen molar-refractivity contribution in [2.75, 3.05) is 11.9 Å². The van der Waals surface area contributed by atoms with Crippen LogP contribution >= 0.6 is 0 Å². The third-order valence-electron chi connectivity index (χ3n) is 3.80. The average Bonchev–Trinajstić information content (AvgIpc) is 2.41. The van der Waals surface area contributed by atoms with E-state index in [9.17, 15) is 9.18 Å². The Balaban J connectivity index is 1.85. The molecule has 0 spiro atoms. The number of anilines is 1. The molecular formula is C15H20FNO2. The smallest absolute Gasteiger partial charge is 0.338 e. The van der Waals surface area contributed by atoms with Crippen LogP contribution in [0.4, 0.5) is 10.1 Å². The lowest BCUT2D eigenvalue weighted by Gasteiger charge is -2.21. The summed E-state index contributed by atoms with van der Waals surface area (Å²) in [5.41, 5.74) is 0.400. The molecule has 1 aromatic carbocycles. The van der Waals surface area contributed by atoms with E-state index in [-0.39, 0.29) is 5.56 Å². The van der Waals surface area contributed by atoms with Gasteiger partial charge in [0.15, 0.2) is 0 Å². The molecule has 1 fully saturated rings. The summed E-state index contributed by atoms with van der Waals surface area (Å²) < 4.78 is 13.2. The van der Waals surface area contributed by atoms with Gasteiger partial charge in [-0.25, -0.2) is 9.18 Å². The van der Waals surface area contributed by atoms with E-state index < -0.39 is 11.8 Å². The Morgan fingerprint density at radius 1 is 1.32 bits per heavy atom. The molecule has 2 N–H and O–H groups in total. The molecule has 1 saturated carbocycles. The van der Waals surface area contributed by atoms with Crippen LogP contribution in [0, 0.1) is 11.7 Å². The first-order valence-electron chi connectivity index (χ1n) is 6.93. The van der Waals surface area contributed by atoms with Crippen molar-refractivity contribution in [3.05, 3.63) is 29.6 Å². The minimum absolute atomic E-state index is 0.275. The highest BCUT2D eigenvalue weighted by Gasteiger charge is 2.13. The summed E-state index contributed by atoms with van der Waals surface area (Å²) in [4.78, 5) is 10.8. The van der Waals surface area contributed by atoms with Gasteiger partial charge in [-0.3, -0.25) is 0 Å². The van der Waals surface area contributed by atoms with Crippen LogP contribution in [0.15, 0.2) is 18.2 Å². The second kappa shape index (κ2) is 6.55. The van der Waals surface area contributed by atoms with Crippen molar-refractivity contribution in [1.29, 1.82) is 0 Å². The van der Waals surface area contributed by atoms with Crippen LogP contribution in [0.25, 0.3) is 0 Å². The van der Waals surface area contributed by atoms with Crippen molar-refractivity contribution in [2.24, 2.45) is 5.92 Å². The van der Waals surface area contributed by atoms with Crippen LogP contribution in [0.1, 0.15) is 48.9 Å². The average molecular weight is 265 g/mol. The largest absolute Gasteiger partial charge is 0.478 e. The van der Waals surface area contributed by atoms with Crippen LogP contribution in [0.3, 0.4) is 0 Å². The molecule has 1 aliphatic rings. The molecule has 1 aliphatic carbocycles. The molecule has 0 unspecified atom stereocenters. The summed E-state index contributed by atoms with van der Waals surface area (Å²) in [7, 11) is 0. The third kappa shape index (κ3) is 3.94. The highest BCUT2D eigenvalue weighted by molar-refractivity contribution is 5.89. The topological polar surface area (TPSA) is 49.3 Å². The number of hydrogen-bond acceptors (Lipinski definition) is 2. The van der Waals surface area contributed by atoms with Gasteiger partial charge in [0.25, 0.3) is 0 Å². The van der Waals surface area contributed by atoms with Gasteiger partial charge < -0.3 is 10.4 Å². The predicted molar refractivity (Wildman–Crippen MR) is 73.0 cm³/mol. The maximum absolute atomic E-state index is 13.2. The molecule has 4 heteroatoms. The number of carboxylic acid groups (broad SMARTS) is 1. The lowest BCUT2D eigenvalue weighted by atomic mass is 9.87. The Hall–Kier alpha value is -1.58. The van der Waals surface area contributed by atoms with E-state index in [2.05, 4.69) is 5.32 Å². The standard InChI is InChI=1S/C15H20FNO2/c16-14-7-6-12(10-13(14)15(18)19)17-9-8-11-4-2-1-3-5-11/h6-7,10-11,17H,1-5,8-9H2,(H,18,19). The van der Waals surface area contributed by atoms with Gasteiger partial charge in [-0.05, 0) is 30.5 Å². The van der Waals surface area contributed by atoms with Gasteiger partial charge in [0.2, 0.25) is 0 Å². The van der Waals surface area contributed by atoms with E-state index >= 15 is 0 Å². The molecular weight excluding hydrogens is 245 g/mol. The summed E-state index contributed by atoms with van der Waals surface area (Å²) in [5.74, 6) is -1.14. The zero-order chi connectivity index (χ0) is 13.7. The summed E-state index contributed by atoms with van der Waals surface area (Å²) in [5, 5.41) is 12.0. The lowest BCUT2D eigenvalue weighted by molar-refractivity contribution is 0.0692. The zero-order valence-electron chi connectivity index (χ0n) is 11.0. The summed E-state index contributed by atoms with van der Waals surface area (Å²) in [6, 6.07) is 4.15.